The maximum absolute atomic E-state index is 6.30. The number of thioether (sulfide) groups is 1. The molecule has 1 aliphatic heterocycles. The molecule has 0 amide bonds. The Morgan fingerprint density at radius 1 is 0.733 bits per heavy atom. The van der Waals surface area contributed by atoms with Crippen LogP contribution in [0.2, 0.25) is 0 Å². The Kier molecular flexibility index (Phi) is 6.14. The van der Waals surface area contributed by atoms with Gasteiger partial charge in [0, 0.05) is 27.7 Å². The summed E-state index contributed by atoms with van der Waals surface area (Å²) in [4.78, 5) is 7.80. The second-order valence-electron chi connectivity index (χ2n) is 11.7. The molecule has 45 heavy (non-hydrogen) atoms. The molecular formula is C42H29NOS. The minimum absolute atomic E-state index is 0.812. The molecule has 0 fully saturated rings. The maximum Gasteiger partial charge on any atom is 0.153 e. The highest BCUT2D eigenvalue weighted by Gasteiger charge is 2.20. The van der Waals surface area contributed by atoms with Crippen LogP contribution >= 0.6 is 11.8 Å². The van der Waals surface area contributed by atoms with Crippen LogP contribution in [0.25, 0.3) is 71.1 Å². The van der Waals surface area contributed by atoms with Crippen LogP contribution in [0.3, 0.4) is 0 Å². The summed E-state index contributed by atoms with van der Waals surface area (Å²) in [6, 6.07) is 41.4. The molecule has 6 aromatic carbocycles. The van der Waals surface area contributed by atoms with Crippen molar-refractivity contribution in [3.8, 4) is 11.3 Å². The summed E-state index contributed by atoms with van der Waals surface area (Å²) in [5.41, 5.74) is 7.90. The first kappa shape index (κ1) is 26.3. The molecule has 0 saturated heterocycles. The maximum atomic E-state index is 6.30. The fourth-order valence-electron chi connectivity index (χ4n) is 7.12. The molecule has 1 aliphatic rings. The van der Waals surface area contributed by atoms with Gasteiger partial charge in [0.05, 0.1) is 11.9 Å². The van der Waals surface area contributed by atoms with E-state index in [1.165, 1.54) is 58.8 Å². The Bertz CT molecular complexity index is 2450. The third-order valence-corrected chi connectivity index (χ3v) is 10.3. The van der Waals surface area contributed by atoms with Crippen molar-refractivity contribution in [2.45, 2.75) is 24.7 Å². The van der Waals surface area contributed by atoms with Gasteiger partial charge in [-0.1, -0.05) is 128 Å². The van der Waals surface area contributed by atoms with Gasteiger partial charge in [0.25, 0.3) is 0 Å². The first-order chi connectivity index (χ1) is 22.3. The summed E-state index contributed by atoms with van der Waals surface area (Å²) in [6.07, 6.45) is 8.53. The number of nitrogens with zero attached hydrogens (tertiary/aromatic N) is 1. The Morgan fingerprint density at radius 3 is 2.18 bits per heavy atom. The Balaban J connectivity index is 1.27. The molecule has 0 aliphatic carbocycles. The van der Waals surface area contributed by atoms with Crippen LogP contribution in [-0.4, -0.2) is 4.98 Å². The number of hydrogen-bond acceptors (Lipinski definition) is 3. The molecule has 0 atom stereocenters. The van der Waals surface area contributed by atoms with Crippen molar-refractivity contribution in [1.82, 2.24) is 4.98 Å². The molecule has 3 heterocycles. The number of benzene rings is 6. The quantitative estimate of drug-likeness (QED) is 0.189. The first-order valence-electron chi connectivity index (χ1n) is 15.6. The SMILES string of the molecule is CC/C(=C\C=C1/Cc2ccccc2S1)c1c2ccccc2c(-c2cc3c(cn2)oc2ccc4ccccc4c23)c2ccccc12. The van der Waals surface area contributed by atoms with E-state index in [2.05, 4.69) is 134 Å². The van der Waals surface area contributed by atoms with Crippen LogP contribution < -0.4 is 0 Å². The van der Waals surface area contributed by atoms with Crippen molar-refractivity contribution in [1.29, 1.82) is 0 Å². The van der Waals surface area contributed by atoms with Crippen molar-refractivity contribution >= 4 is 71.6 Å². The van der Waals surface area contributed by atoms with Crippen molar-refractivity contribution in [3.05, 3.63) is 150 Å². The summed E-state index contributed by atoms with van der Waals surface area (Å²) < 4.78 is 6.30. The lowest BCUT2D eigenvalue weighted by molar-refractivity contribution is 0.667. The standard InChI is InChI=1S/C42H29NOS/c1-2-26(19-21-29-23-28-12-4-10-18-39(28)45-29)40-31-14-6-8-16-33(31)41(34-17-9-7-15-32(34)40)36-24-35-38(25-43-36)44-37-22-20-27-11-3-5-13-30(27)42(35)37/h3-22,24-25H,2,23H2,1H3/b26-19+,29-21+. The van der Waals surface area contributed by atoms with Gasteiger partial charge in [-0.3, -0.25) is 4.98 Å². The number of rotatable bonds is 4. The van der Waals surface area contributed by atoms with Crippen LogP contribution in [0.15, 0.2) is 148 Å². The number of pyridine rings is 1. The highest BCUT2D eigenvalue weighted by atomic mass is 32.2. The zero-order valence-electron chi connectivity index (χ0n) is 24.9. The molecule has 0 unspecified atom stereocenters. The second-order valence-corrected chi connectivity index (χ2v) is 12.9. The lowest BCUT2D eigenvalue weighted by atomic mass is 9.86. The van der Waals surface area contributed by atoms with Crippen molar-refractivity contribution in [3.63, 3.8) is 0 Å². The topological polar surface area (TPSA) is 26.0 Å². The van der Waals surface area contributed by atoms with Gasteiger partial charge in [0.15, 0.2) is 5.58 Å². The third kappa shape index (κ3) is 4.22. The van der Waals surface area contributed by atoms with Gasteiger partial charge in [-0.25, -0.2) is 0 Å². The number of aromatic nitrogens is 1. The fourth-order valence-corrected chi connectivity index (χ4v) is 8.18. The number of furan rings is 1. The molecule has 3 heteroatoms. The normalized spacial score (nSPS) is 14.4. The van der Waals surface area contributed by atoms with Gasteiger partial charge in [-0.2, -0.15) is 0 Å². The van der Waals surface area contributed by atoms with Gasteiger partial charge in [0.1, 0.15) is 5.58 Å². The molecule has 214 valence electrons. The van der Waals surface area contributed by atoms with Gasteiger partial charge in [0.2, 0.25) is 0 Å². The molecular weight excluding hydrogens is 567 g/mol. The summed E-state index contributed by atoms with van der Waals surface area (Å²) in [6.45, 7) is 2.27. The molecule has 0 N–H and O–H groups in total. The van der Waals surface area contributed by atoms with E-state index in [1.54, 1.807) is 0 Å². The van der Waals surface area contributed by atoms with E-state index >= 15 is 0 Å². The Morgan fingerprint density at radius 2 is 1.42 bits per heavy atom. The summed E-state index contributed by atoms with van der Waals surface area (Å²) >= 11 is 1.89. The molecule has 2 nitrogen and oxygen atoms in total. The van der Waals surface area contributed by atoms with Gasteiger partial charge in [-0.05, 0) is 78.5 Å². The predicted octanol–water partition coefficient (Wildman–Crippen LogP) is 12.1. The second kappa shape index (κ2) is 10.5. The summed E-state index contributed by atoms with van der Waals surface area (Å²) in [7, 11) is 0. The van der Waals surface area contributed by atoms with Crippen LogP contribution in [0.1, 0.15) is 24.5 Å². The van der Waals surface area contributed by atoms with E-state index in [4.69, 9.17) is 9.40 Å². The molecule has 0 saturated carbocycles. The summed E-state index contributed by atoms with van der Waals surface area (Å²) in [5.74, 6) is 0. The fraction of sp³-hybridized carbons (Fsp3) is 0.0714. The lowest BCUT2D eigenvalue weighted by Crippen LogP contribution is -1.94. The molecule has 0 radical (unpaired) electrons. The Labute approximate surface area is 265 Å². The highest BCUT2D eigenvalue weighted by Crippen LogP contribution is 2.44. The minimum Gasteiger partial charge on any atom is -0.454 e. The predicted molar refractivity (Wildman–Crippen MR) is 192 cm³/mol. The van der Waals surface area contributed by atoms with Gasteiger partial charge < -0.3 is 4.42 Å². The van der Waals surface area contributed by atoms with Gasteiger partial charge >= 0.3 is 0 Å². The zero-order chi connectivity index (χ0) is 29.9. The average Bonchev–Trinajstić information content (AvgIpc) is 3.69. The monoisotopic (exact) mass is 595 g/mol. The van der Waals surface area contributed by atoms with E-state index in [0.717, 1.165) is 46.0 Å². The Hall–Kier alpha value is -5.12. The lowest BCUT2D eigenvalue weighted by Gasteiger charge is -2.18. The van der Waals surface area contributed by atoms with Gasteiger partial charge in [-0.15, -0.1) is 0 Å². The van der Waals surface area contributed by atoms with Crippen molar-refractivity contribution in [2.75, 3.05) is 0 Å². The molecule has 2 aromatic heterocycles. The van der Waals surface area contributed by atoms with Crippen LogP contribution in [0.4, 0.5) is 0 Å². The van der Waals surface area contributed by atoms with Crippen molar-refractivity contribution < 1.29 is 4.42 Å². The molecule has 9 rings (SSSR count). The van der Waals surface area contributed by atoms with E-state index in [-0.39, 0.29) is 0 Å². The van der Waals surface area contributed by atoms with Crippen LogP contribution in [-0.2, 0) is 6.42 Å². The first-order valence-corrected chi connectivity index (χ1v) is 16.4. The minimum atomic E-state index is 0.812. The molecule has 0 spiro atoms. The number of allylic oxidation sites excluding steroid dienone is 4. The smallest absolute Gasteiger partial charge is 0.153 e. The van der Waals surface area contributed by atoms with E-state index in [1.807, 2.05) is 18.0 Å². The average molecular weight is 596 g/mol. The van der Waals surface area contributed by atoms with E-state index in [0.29, 0.717) is 0 Å². The third-order valence-electron chi connectivity index (χ3n) is 9.19. The van der Waals surface area contributed by atoms with E-state index < -0.39 is 0 Å². The highest BCUT2D eigenvalue weighted by molar-refractivity contribution is 8.03. The molecule has 0 bridgehead atoms. The summed E-state index contributed by atoms with van der Waals surface area (Å²) in [5, 5.41) is 9.59. The number of fused-ring (bicyclic) bond motifs is 8. The van der Waals surface area contributed by atoms with Crippen LogP contribution in [0.5, 0.6) is 0 Å². The zero-order valence-corrected chi connectivity index (χ0v) is 25.7. The number of hydrogen-bond donors (Lipinski definition) is 0. The molecule has 8 aromatic rings. The van der Waals surface area contributed by atoms with E-state index in [9.17, 15) is 0 Å². The van der Waals surface area contributed by atoms with Crippen LogP contribution in [0, 0.1) is 0 Å². The van der Waals surface area contributed by atoms with Crippen molar-refractivity contribution in [2.24, 2.45) is 0 Å². The largest absolute Gasteiger partial charge is 0.454 e.